The number of para-hydroxylation sites is 2. The average Bonchev–Trinajstić information content (AvgIpc) is 3.82. The Labute approximate surface area is 375 Å². The lowest BCUT2D eigenvalue weighted by molar-refractivity contribution is 1.14. The molecular formula is C54H30B2N2S4. The van der Waals surface area contributed by atoms with Crippen LogP contribution in [0.15, 0.2) is 221 Å². The SMILES string of the molecule is c1ccc2c(c1)Sc1cc(-n3c4ccccc4c4cc5c(cc43)c3ccccc3n5-c3cc4c5c(c3)Sc3ccccc3B5c3ccccc3S4)cc3c1B2c1ccccc1S3. The van der Waals surface area contributed by atoms with E-state index in [2.05, 4.69) is 191 Å². The molecule has 0 saturated carbocycles. The van der Waals surface area contributed by atoms with Crippen LogP contribution in [0.3, 0.4) is 0 Å². The van der Waals surface area contributed by atoms with Gasteiger partial charge in [0.05, 0.1) is 22.1 Å². The lowest BCUT2D eigenvalue weighted by Crippen LogP contribution is -2.58. The third-order valence-electron chi connectivity index (χ3n) is 13.5. The van der Waals surface area contributed by atoms with Crippen LogP contribution in [-0.4, -0.2) is 22.6 Å². The molecule has 2 nitrogen and oxygen atoms in total. The Morgan fingerprint density at radius 3 is 0.935 bits per heavy atom. The van der Waals surface area contributed by atoms with Gasteiger partial charge in [-0.25, -0.2) is 0 Å². The van der Waals surface area contributed by atoms with Crippen molar-refractivity contribution < 1.29 is 0 Å². The largest absolute Gasteiger partial charge is 0.309 e. The number of fused-ring (bicyclic) bond motifs is 14. The van der Waals surface area contributed by atoms with Crippen LogP contribution >= 0.6 is 47.0 Å². The minimum atomic E-state index is 0.234. The van der Waals surface area contributed by atoms with Gasteiger partial charge in [0.2, 0.25) is 13.4 Å². The number of hydrogen-bond donors (Lipinski definition) is 0. The van der Waals surface area contributed by atoms with Gasteiger partial charge in [-0.3, -0.25) is 0 Å². The first-order valence-corrected chi connectivity index (χ1v) is 24.4. The highest BCUT2D eigenvalue weighted by molar-refractivity contribution is 8.02. The van der Waals surface area contributed by atoms with Crippen molar-refractivity contribution in [3.63, 3.8) is 0 Å². The van der Waals surface area contributed by atoms with Crippen molar-refractivity contribution in [1.82, 2.24) is 9.13 Å². The maximum atomic E-state index is 2.54. The maximum Gasteiger partial charge on any atom is 0.247 e. The van der Waals surface area contributed by atoms with E-state index < -0.39 is 0 Å². The second kappa shape index (κ2) is 12.8. The van der Waals surface area contributed by atoms with Crippen LogP contribution in [0, 0.1) is 0 Å². The fourth-order valence-electron chi connectivity index (χ4n) is 11.0. The molecule has 0 amide bonds. The van der Waals surface area contributed by atoms with Crippen molar-refractivity contribution in [2.45, 2.75) is 39.2 Å². The summed E-state index contributed by atoms with van der Waals surface area (Å²) >= 11 is 7.71. The Hall–Kier alpha value is -5.89. The summed E-state index contributed by atoms with van der Waals surface area (Å²) in [6.07, 6.45) is 0. The summed E-state index contributed by atoms with van der Waals surface area (Å²) in [6.45, 7) is 0.469. The van der Waals surface area contributed by atoms with E-state index in [4.69, 9.17) is 0 Å². The Morgan fingerprint density at radius 1 is 0.274 bits per heavy atom. The maximum absolute atomic E-state index is 2.54. The summed E-state index contributed by atoms with van der Waals surface area (Å²) in [7, 11) is 0. The first-order valence-electron chi connectivity index (χ1n) is 21.1. The van der Waals surface area contributed by atoms with E-state index in [0.717, 1.165) is 0 Å². The molecule has 9 aromatic carbocycles. The monoisotopic (exact) mass is 856 g/mol. The van der Waals surface area contributed by atoms with E-state index in [1.807, 2.05) is 47.0 Å². The molecule has 0 aliphatic carbocycles. The second-order valence-electron chi connectivity index (χ2n) is 16.7. The fraction of sp³-hybridized carbons (Fsp3) is 0. The third kappa shape index (κ3) is 4.70. The number of hydrogen-bond acceptors (Lipinski definition) is 4. The van der Waals surface area contributed by atoms with E-state index in [1.54, 1.807) is 0 Å². The van der Waals surface area contributed by atoms with E-state index in [1.165, 1.54) is 127 Å². The van der Waals surface area contributed by atoms with Crippen LogP contribution < -0.4 is 32.8 Å². The average molecular weight is 857 g/mol. The van der Waals surface area contributed by atoms with Crippen LogP contribution in [0.1, 0.15) is 0 Å². The molecule has 4 aliphatic rings. The van der Waals surface area contributed by atoms with Gasteiger partial charge in [-0.05, 0) is 83.7 Å². The van der Waals surface area contributed by atoms with Crippen molar-refractivity contribution in [3.05, 3.63) is 182 Å². The third-order valence-corrected chi connectivity index (χ3v) is 18.1. The highest BCUT2D eigenvalue weighted by Crippen LogP contribution is 2.45. The van der Waals surface area contributed by atoms with Gasteiger partial charge < -0.3 is 9.13 Å². The van der Waals surface area contributed by atoms with Crippen molar-refractivity contribution in [1.29, 1.82) is 0 Å². The molecule has 4 aliphatic heterocycles. The molecule has 62 heavy (non-hydrogen) atoms. The van der Waals surface area contributed by atoms with Gasteiger partial charge in [0.25, 0.3) is 0 Å². The van der Waals surface area contributed by atoms with Crippen molar-refractivity contribution >= 4 is 137 Å². The molecule has 6 heterocycles. The second-order valence-corrected chi connectivity index (χ2v) is 21.1. The smallest absolute Gasteiger partial charge is 0.247 e. The topological polar surface area (TPSA) is 9.86 Å². The highest BCUT2D eigenvalue weighted by atomic mass is 32.2. The van der Waals surface area contributed by atoms with E-state index in [9.17, 15) is 0 Å². The molecule has 2 aromatic heterocycles. The van der Waals surface area contributed by atoms with Crippen molar-refractivity contribution in [3.8, 4) is 11.4 Å². The van der Waals surface area contributed by atoms with Gasteiger partial charge in [-0.15, -0.1) is 0 Å². The standard InChI is InChI=1S/C54H30B2N2S4/c1-7-19-41-33(13-1)35-29-44-36(30-43(35)57(41)31-25-49-53-50(26-31)60-46-22-10-4-16-38(46)55(53)37-15-3-9-21-45(37)59-49)34-14-2-8-20-42(34)58(44)32-27-51-54-52(28-32)62-48-24-12-6-18-40(48)56(54)39-17-5-11-23-47(39)61-51/h1-30H. The van der Waals surface area contributed by atoms with E-state index in [-0.39, 0.29) is 13.4 Å². The van der Waals surface area contributed by atoms with Gasteiger partial charge in [0.15, 0.2) is 0 Å². The minimum absolute atomic E-state index is 0.234. The number of nitrogens with zero attached hydrogens (tertiary/aromatic N) is 2. The van der Waals surface area contributed by atoms with Crippen LogP contribution in [0.2, 0.25) is 0 Å². The number of benzene rings is 9. The summed E-state index contributed by atoms with van der Waals surface area (Å²) in [6, 6.07) is 69.0. The van der Waals surface area contributed by atoms with Gasteiger partial charge in [0, 0.05) is 72.1 Å². The van der Waals surface area contributed by atoms with Gasteiger partial charge in [0.1, 0.15) is 0 Å². The Kier molecular flexibility index (Phi) is 7.18. The molecule has 0 spiro atoms. The normalized spacial score (nSPS) is 14.1. The zero-order valence-electron chi connectivity index (χ0n) is 33.0. The molecule has 0 radical (unpaired) electrons. The predicted molar refractivity (Wildman–Crippen MR) is 267 cm³/mol. The zero-order chi connectivity index (χ0) is 40.2. The van der Waals surface area contributed by atoms with Crippen LogP contribution in [0.4, 0.5) is 0 Å². The summed E-state index contributed by atoms with van der Waals surface area (Å²) in [5, 5.41) is 5.07. The first kappa shape index (κ1) is 34.7. The summed E-state index contributed by atoms with van der Waals surface area (Å²) in [4.78, 5) is 10.8. The molecule has 0 fully saturated rings. The Morgan fingerprint density at radius 2 is 0.581 bits per heavy atom. The highest BCUT2D eigenvalue weighted by Gasteiger charge is 2.40. The van der Waals surface area contributed by atoms with Gasteiger partial charge in [-0.1, -0.05) is 178 Å². The van der Waals surface area contributed by atoms with E-state index >= 15 is 0 Å². The Balaban J connectivity index is 0.970. The molecule has 11 aromatic rings. The quantitative estimate of drug-likeness (QED) is 0.160. The Bertz CT molecular complexity index is 3420. The zero-order valence-corrected chi connectivity index (χ0v) is 36.3. The molecule has 0 bridgehead atoms. The number of rotatable bonds is 2. The van der Waals surface area contributed by atoms with Gasteiger partial charge >= 0.3 is 0 Å². The molecule has 0 atom stereocenters. The predicted octanol–water partition coefficient (Wildman–Crippen LogP) is 10.8. The molecule has 286 valence electrons. The lowest BCUT2D eigenvalue weighted by Gasteiger charge is -2.33. The summed E-state index contributed by atoms with van der Waals surface area (Å²) in [5.41, 5.74) is 15.9. The molecule has 0 unspecified atom stereocenters. The molecular weight excluding hydrogens is 826 g/mol. The number of aromatic nitrogens is 2. The fourth-order valence-corrected chi connectivity index (χ4v) is 16.0. The van der Waals surface area contributed by atoms with Crippen molar-refractivity contribution in [2.75, 3.05) is 0 Å². The minimum Gasteiger partial charge on any atom is -0.309 e. The molecule has 0 saturated heterocycles. The van der Waals surface area contributed by atoms with Crippen LogP contribution in [0.25, 0.3) is 55.0 Å². The van der Waals surface area contributed by atoms with Crippen LogP contribution in [0.5, 0.6) is 0 Å². The van der Waals surface area contributed by atoms with Crippen LogP contribution in [-0.2, 0) is 0 Å². The lowest BCUT2D eigenvalue weighted by atomic mass is 9.36. The summed E-state index contributed by atoms with van der Waals surface area (Å²) < 4.78 is 5.07. The molecule has 8 heteroatoms. The van der Waals surface area contributed by atoms with Crippen molar-refractivity contribution in [2.24, 2.45) is 0 Å². The molecule has 15 rings (SSSR count). The summed E-state index contributed by atoms with van der Waals surface area (Å²) in [5.74, 6) is 0. The molecule has 0 N–H and O–H groups in total. The first-order chi connectivity index (χ1) is 30.7. The van der Waals surface area contributed by atoms with E-state index in [0.29, 0.717) is 0 Å². The van der Waals surface area contributed by atoms with Gasteiger partial charge in [-0.2, -0.15) is 0 Å².